The number of nitrogens with two attached hydrogens (primary N) is 1. The van der Waals surface area contributed by atoms with Crippen LogP contribution < -0.4 is 15.4 Å². The van der Waals surface area contributed by atoms with Crippen LogP contribution in [0.15, 0.2) is 18.2 Å². The Balaban J connectivity index is 2.18. The Morgan fingerprint density at radius 1 is 1.47 bits per heavy atom. The van der Waals surface area contributed by atoms with E-state index >= 15 is 0 Å². The lowest BCUT2D eigenvalue weighted by atomic mass is 10.1. The molecule has 0 unspecified atom stereocenters. The fourth-order valence-corrected chi connectivity index (χ4v) is 2.01. The van der Waals surface area contributed by atoms with E-state index in [0.717, 1.165) is 5.56 Å². The molecule has 102 valence electrons. The highest BCUT2D eigenvalue weighted by atomic mass is 16.5. The van der Waals surface area contributed by atoms with Gasteiger partial charge in [-0.1, -0.05) is 6.07 Å². The minimum atomic E-state index is -0.864. The molecule has 0 saturated carbocycles. The minimum absolute atomic E-state index is 0.0119. The highest BCUT2D eigenvalue weighted by Gasteiger charge is 2.25. The first-order valence-electron chi connectivity index (χ1n) is 6.10. The first-order valence-corrected chi connectivity index (χ1v) is 6.10. The number of carbonyl (C=O) groups is 2. The largest absolute Gasteiger partial charge is 0.482 e. The zero-order valence-electron chi connectivity index (χ0n) is 10.5. The molecule has 1 aliphatic rings. The summed E-state index contributed by atoms with van der Waals surface area (Å²) in [5.41, 5.74) is 7.15. The first kappa shape index (κ1) is 13.4. The Morgan fingerprint density at radius 2 is 2.26 bits per heavy atom. The van der Waals surface area contributed by atoms with Crippen molar-refractivity contribution in [1.82, 2.24) is 0 Å². The molecule has 0 spiro atoms. The average molecular weight is 264 g/mol. The molecular weight excluding hydrogens is 248 g/mol. The number of anilines is 1. The summed E-state index contributed by atoms with van der Waals surface area (Å²) in [6.45, 7) is 0.738. The van der Waals surface area contributed by atoms with Crippen molar-refractivity contribution in [2.45, 2.75) is 19.4 Å². The minimum Gasteiger partial charge on any atom is -0.482 e. The van der Waals surface area contributed by atoms with Crippen molar-refractivity contribution < 1.29 is 19.4 Å². The van der Waals surface area contributed by atoms with E-state index in [1.165, 1.54) is 0 Å². The third kappa shape index (κ3) is 3.03. The summed E-state index contributed by atoms with van der Waals surface area (Å²) < 4.78 is 5.34. The molecule has 19 heavy (non-hydrogen) atoms. The molecule has 1 aromatic carbocycles. The van der Waals surface area contributed by atoms with Gasteiger partial charge in [0, 0.05) is 19.5 Å². The highest BCUT2D eigenvalue weighted by molar-refractivity contribution is 5.97. The number of hydrogen-bond acceptors (Lipinski definition) is 4. The maximum atomic E-state index is 11.9. The van der Waals surface area contributed by atoms with Crippen molar-refractivity contribution in [3.8, 4) is 5.75 Å². The van der Waals surface area contributed by atoms with Gasteiger partial charge in [0.2, 0.25) is 0 Å². The van der Waals surface area contributed by atoms with Crippen LogP contribution >= 0.6 is 0 Å². The molecule has 0 saturated heterocycles. The molecule has 0 atom stereocenters. The summed E-state index contributed by atoms with van der Waals surface area (Å²) >= 11 is 0. The van der Waals surface area contributed by atoms with E-state index in [2.05, 4.69) is 0 Å². The molecule has 1 amide bonds. The number of aliphatic carboxylic acids is 1. The summed E-state index contributed by atoms with van der Waals surface area (Å²) in [5.74, 6) is -0.393. The maximum absolute atomic E-state index is 11.9. The predicted octanol–water partition coefficient (Wildman–Crippen LogP) is 0.736. The fourth-order valence-electron chi connectivity index (χ4n) is 2.01. The van der Waals surface area contributed by atoms with Crippen molar-refractivity contribution in [3.63, 3.8) is 0 Å². The Kier molecular flexibility index (Phi) is 4.01. The van der Waals surface area contributed by atoms with Crippen LogP contribution in [0.1, 0.15) is 18.4 Å². The number of hydrogen-bond donors (Lipinski definition) is 2. The number of carboxylic acids is 1. The van der Waals surface area contributed by atoms with Crippen molar-refractivity contribution in [1.29, 1.82) is 0 Å². The highest BCUT2D eigenvalue weighted by Crippen LogP contribution is 2.33. The van der Waals surface area contributed by atoms with Gasteiger partial charge in [-0.25, -0.2) is 0 Å². The molecule has 0 aromatic heterocycles. The van der Waals surface area contributed by atoms with E-state index in [1.54, 1.807) is 11.0 Å². The summed E-state index contributed by atoms with van der Waals surface area (Å²) in [6.07, 6.45) is 0.448. The Morgan fingerprint density at radius 3 is 2.95 bits per heavy atom. The molecular formula is C13H16N2O4. The quantitative estimate of drug-likeness (QED) is 0.818. The van der Waals surface area contributed by atoms with E-state index in [1.807, 2.05) is 12.1 Å². The van der Waals surface area contributed by atoms with Gasteiger partial charge in [0.15, 0.2) is 6.61 Å². The standard InChI is InChI=1S/C13H16N2O4/c14-7-9-3-4-11-10(6-9)15(12(16)8-19-11)5-1-2-13(17)18/h3-4,6H,1-2,5,7-8,14H2,(H,17,18). The van der Waals surface area contributed by atoms with Gasteiger partial charge in [-0.15, -0.1) is 0 Å². The van der Waals surface area contributed by atoms with E-state index in [9.17, 15) is 9.59 Å². The lowest BCUT2D eigenvalue weighted by Gasteiger charge is -2.29. The lowest BCUT2D eigenvalue weighted by molar-refractivity contribution is -0.137. The van der Waals surface area contributed by atoms with Crippen LogP contribution in [0.2, 0.25) is 0 Å². The van der Waals surface area contributed by atoms with Crippen molar-refractivity contribution in [2.75, 3.05) is 18.1 Å². The molecule has 1 heterocycles. The molecule has 6 nitrogen and oxygen atoms in total. The van der Waals surface area contributed by atoms with Crippen LogP contribution in [0.3, 0.4) is 0 Å². The zero-order chi connectivity index (χ0) is 13.8. The van der Waals surface area contributed by atoms with Gasteiger partial charge in [-0.2, -0.15) is 0 Å². The zero-order valence-corrected chi connectivity index (χ0v) is 10.5. The number of benzene rings is 1. The normalized spacial score (nSPS) is 13.9. The number of carbonyl (C=O) groups excluding carboxylic acids is 1. The second-order valence-corrected chi connectivity index (χ2v) is 4.34. The smallest absolute Gasteiger partial charge is 0.303 e. The second-order valence-electron chi connectivity index (χ2n) is 4.34. The molecule has 0 radical (unpaired) electrons. The molecule has 0 aliphatic carbocycles. The van der Waals surface area contributed by atoms with Crippen LogP contribution in [0, 0.1) is 0 Å². The van der Waals surface area contributed by atoms with Crippen LogP contribution in [0.4, 0.5) is 5.69 Å². The lowest BCUT2D eigenvalue weighted by Crippen LogP contribution is -2.39. The van der Waals surface area contributed by atoms with E-state index < -0.39 is 5.97 Å². The SMILES string of the molecule is NCc1ccc2c(c1)N(CCCC(=O)O)C(=O)CO2. The number of amides is 1. The summed E-state index contributed by atoms with van der Waals surface area (Å²) in [5, 5.41) is 8.64. The Hall–Kier alpha value is -2.08. The van der Waals surface area contributed by atoms with Crippen molar-refractivity contribution >= 4 is 17.6 Å². The van der Waals surface area contributed by atoms with E-state index in [0.29, 0.717) is 30.9 Å². The third-order valence-corrected chi connectivity index (χ3v) is 2.97. The maximum Gasteiger partial charge on any atom is 0.303 e. The molecule has 1 aromatic rings. The molecule has 0 fully saturated rings. The number of carboxylic acid groups (broad SMARTS) is 1. The van der Waals surface area contributed by atoms with Crippen LogP contribution in [0.25, 0.3) is 0 Å². The van der Waals surface area contributed by atoms with Crippen molar-refractivity contribution in [2.24, 2.45) is 5.73 Å². The molecule has 1 aliphatic heterocycles. The first-order chi connectivity index (χ1) is 9.11. The molecule has 6 heteroatoms. The van der Waals surface area contributed by atoms with Gasteiger partial charge >= 0.3 is 5.97 Å². The van der Waals surface area contributed by atoms with Gasteiger partial charge in [-0.3, -0.25) is 9.59 Å². The van der Waals surface area contributed by atoms with E-state index in [4.69, 9.17) is 15.6 Å². The number of fused-ring (bicyclic) bond motifs is 1. The number of nitrogens with zero attached hydrogens (tertiary/aromatic N) is 1. The molecule has 2 rings (SSSR count). The summed E-state index contributed by atoms with van der Waals surface area (Å²) in [7, 11) is 0. The molecule has 0 bridgehead atoms. The Labute approximate surface area is 110 Å². The van der Waals surface area contributed by atoms with Gasteiger partial charge in [0.05, 0.1) is 5.69 Å². The van der Waals surface area contributed by atoms with Gasteiger partial charge in [0.25, 0.3) is 5.91 Å². The summed E-state index contributed by atoms with van der Waals surface area (Å²) in [6, 6.07) is 5.45. The monoisotopic (exact) mass is 264 g/mol. The van der Waals surface area contributed by atoms with Crippen LogP contribution in [0.5, 0.6) is 5.75 Å². The Bertz CT molecular complexity index is 501. The van der Waals surface area contributed by atoms with Gasteiger partial charge < -0.3 is 20.5 Å². The van der Waals surface area contributed by atoms with E-state index in [-0.39, 0.29) is 18.9 Å². The number of rotatable bonds is 5. The second kappa shape index (κ2) is 5.71. The van der Waals surface area contributed by atoms with Crippen molar-refractivity contribution in [3.05, 3.63) is 23.8 Å². The fraction of sp³-hybridized carbons (Fsp3) is 0.385. The van der Waals surface area contributed by atoms with Gasteiger partial charge in [0.1, 0.15) is 5.75 Å². The topological polar surface area (TPSA) is 92.9 Å². The summed E-state index contributed by atoms with van der Waals surface area (Å²) in [4.78, 5) is 23.9. The molecule has 3 N–H and O–H groups in total. The van der Waals surface area contributed by atoms with Crippen LogP contribution in [-0.4, -0.2) is 30.1 Å². The van der Waals surface area contributed by atoms with Crippen LogP contribution in [-0.2, 0) is 16.1 Å². The third-order valence-electron chi connectivity index (χ3n) is 2.97. The number of ether oxygens (including phenoxy) is 1. The van der Waals surface area contributed by atoms with Gasteiger partial charge in [-0.05, 0) is 24.1 Å². The predicted molar refractivity (Wildman–Crippen MR) is 69.1 cm³/mol. The average Bonchev–Trinajstić information content (AvgIpc) is 2.40.